The van der Waals surface area contributed by atoms with E-state index in [1.54, 1.807) is 12.1 Å². The fraction of sp³-hybridized carbons (Fsp3) is 0.0769. The average Bonchev–Trinajstić information content (AvgIpc) is 2.34. The summed E-state index contributed by atoms with van der Waals surface area (Å²) < 4.78 is 33.8. The second kappa shape index (κ2) is 5.97. The molecule has 0 fully saturated rings. The third-order valence-electron chi connectivity index (χ3n) is 2.32. The van der Waals surface area contributed by atoms with E-state index in [0.717, 1.165) is 3.57 Å². The summed E-state index contributed by atoms with van der Waals surface area (Å²) in [6.07, 6.45) is 0. The molecule has 0 N–H and O–H groups in total. The lowest BCUT2D eigenvalue weighted by atomic mass is 10.2. The first-order valence-electron chi connectivity index (χ1n) is 5.08. The van der Waals surface area contributed by atoms with Gasteiger partial charge in [0.2, 0.25) is 0 Å². The molecule has 0 spiro atoms. The molecule has 0 saturated heterocycles. The van der Waals surface area contributed by atoms with E-state index in [9.17, 15) is 8.78 Å². The van der Waals surface area contributed by atoms with Gasteiger partial charge < -0.3 is 4.74 Å². The van der Waals surface area contributed by atoms with Crippen LogP contribution in [0.3, 0.4) is 0 Å². The summed E-state index contributed by atoms with van der Waals surface area (Å²) in [5, 5.41) is 0. The molecule has 0 aromatic heterocycles. The van der Waals surface area contributed by atoms with Gasteiger partial charge in [0.15, 0.2) is 0 Å². The van der Waals surface area contributed by atoms with Crippen LogP contribution in [0.1, 0.15) is 5.56 Å². The normalized spacial score (nSPS) is 10.4. The maximum atomic E-state index is 13.7. The fourth-order valence-corrected chi connectivity index (χ4v) is 2.30. The summed E-state index contributed by atoms with van der Waals surface area (Å²) in [7, 11) is 0. The zero-order chi connectivity index (χ0) is 13.1. The van der Waals surface area contributed by atoms with Gasteiger partial charge in [-0.05, 0) is 68.9 Å². The Hall–Kier alpha value is -0.690. The number of hydrogen-bond acceptors (Lipinski definition) is 1. The van der Waals surface area contributed by atoms with Crippen molar-refractivity contribution in [2.75, 3.05) is 0 Å². The Morgan fingerprint density at radius 2 is 1.94 bits per heavy atom. The van der Waals surface area contributed by atoms with Gasteiger partial charge >= 0.3 is 0 Å². The molecular weight excluding hydrogens is 417 g/mol. The van der Waals surface area contributed by atoms with E-state index >= 15 is 0 Å². The van der Waals surface area contributed by atoms with Gasteiger partial charge in [0, 0.05) is 3.57 Å². The number of hydrogen-bond donors (Lipinski definition) is 0. The standard InChI is InChI=1S/C13H8BrF2IO/c14-11-4-5-12(15)10(13(11)16)7-18-9-3-1-2-8(17)6-9/h1-6H,7H2. The maximum absolute atomic E-state index is 13.7. The zero-order valence-corrected chi connectivity index (χ0v) is 12.8. The first-order valence-corrected chi connectivity index (χ1v) is 6.96. The summed E-state index contributed by atoms with van der Waals surface area (Å²) in [5.74, 6) is -0.650. The van der Waals surface area contributed by atoms with E-state index in [0.29, 0.717) is 5.75 Å². The smallest absolute Gasteiger partial charge is 0.146 e. The van der Waals surface area contributed by atoms with E-state index in [2.05, 4.69) is 38.5 Å². The number of halogens is 4. The molecule has 2 aromatic carbocycles. The largest absolute Gasteiger partial charge is 0.489 e. The van der Waals surface area contributed by atoms with Gasteiger partial charge in [-0.15, -0.1) is 0 Å². The summed E-state index contributed by atoms with van der Waals surface area (Å²) in [5.41, 5.74) is -0.0803. The monoisotopic (exact) mass is 424 g/mol. The Morgan fingerprint density at radius 1 is 1.17 bits per heavy atom. The van der Waals surface area contributed by atoms with E-state index < -0.39 is 11.6 Å². The van der Waals surface area contributed by atoms with Crippen molar-refractivity contribution in [1.29, 1.82) is 0 Å². The predicted molar refractivity (Wildman–Crippen MR) is 77.5 cm³/mol. The summed E-state index contributed by atoms with van der Waals surface area (Å²) >= 11 is 5.16. The van der Waals surface area contributed by atoms with Crippen LogP contribution in [0.25, 0.3) is 0 Å². The molecule has 0 bridgehead atoms. The highest BCUT2D eigenvalue weighted by Gasteiger charge is 2.12. The zero-order valence-electron chi connectivity index (χ0n) is 9.09. The van der Waals surface area contributed by atoms with Gasteiger partial charge in [0.1, 0.15) is 24.0 Å². The van der Waals surface area contributed by atoms with Crippen LogP contribution in [0, 0.1) is 15.2 Å². The molecular formula is C13H8BrF2IO. The van der Waals surface area contributed by atoms with Crippen LogP contribution in [-0.2, 0) is 6.61 Å². The highest BCUT2D eigenvalue weighted by molar-refractivity contribution is 14.1. The molecule has 0 heterocycles. The quantitative estimate of drug-likeness (QED) is 0.502. The molecule has 0 radical (unpaired) electrons. The van der Waals surface area contributed by atoms with E-state index in [1.807, 2.05) is 12.1 Å². The Balaban J connectivity index is 2.18. The molecule has 0 atom stereocenters. The highest BCUT2D eigenvalue weighted by Crippen LogP contribution is 2.23. The lowest BCUT2D eigenvalue weighted by Gasteiger charge is -2.09. The van der Waals surface area contributed by atoms with Crippen molar-refractivity contribution >= 4 is 38.5 Å². The molecule has 0 aliphatic rings. The minimum atomic E-state index is -0.624. The van der Waals surface area contributed by atoms with Gasteiger partial charge in [-0.2, -0.15) is 0 Å². The molecule has 2 rings (SSSR count). The van der Waals surface area contributed by atoms with Gasteiger partial charge in [0.25, 0.3) is 0 Å². The van der Waals surface area contributed by atoms with Crippen LogP contribution >= 0.6 is 38.5 Å². The number of rotatable bonds is 3. The third kappa shape index (κ3) is 3.20. The molecule has 0 saturated carbocycles. The van der Waals surface area contributed by atoms with Gasteiger partial charge in [0.05, 0.1) is 10.0 Å². The summed E-state index contributed by atoms with van der Waals surface area (Å²) in [6.45, 7) is -0.142. The Bertz CT molecular complexity index is 575. The number of ether oxygens (including phenoxy) is 1. The van der Waals surface area contributed by atoms with Crippen LogP contribution in [0.4, 0.5) is 8.78 Å². The van der Waals surface area contributed by atoms with Crippen molar-refractivity contribution in [3.63, 3.8) is 0 Å². The molecule has 18 heavy (non-hydrogen) atoms. The second-order valence-corrected chi connectivity index (χ2v) is 5.67. The molecule has 1 nitrogen and oxygen atoms in total. The van der Waals surface area contributed by atoms with Crippen LogP contribution in [0.15, 0.2) is 40.9 Å². The Labute approximate surface area is 125 Å². The van der Waals surface area contributed by atoms with E-state index in [-0.39, 0.29) is 16.6 Å². The third-order valence-corrected chi connectivity index (χ3v) is 3.60. The van der Waals surface area contributed by atoms with Gasteiger partial charge in [-0.25, -0.2) is 8.78 Å². The van der Waals surface area contributed by atoms with Crippen molar-refractivity contribution < 1.29 is 13.5 Å². The number of benzene rings is 2. The van der Waals surface area contributed by atoms with Gasteiger partial charge in [-0.1, -0.05) is 6.07 Å². The molecule has 0 unspecified atom stereocenters. The molecule has 94 valence electrons. The predicted octanol–water partition coefficient (Wildman–Crippen LogP) is 4.91. The first-order chi connectivity index (χ1) is 8.58. The SMILES string of the molecule is Fc1ccc(Br)c(F)c1COc1cccc(I)c1. The van der Waals surface area contributed by atoms with Crippen LogP contribution in [0.2, 0.25) is 0 Å². The van der Waals surface area contributed by atoms with Crippen molar-refractivity contribution in [1.82, 2.24) is 0 Å². The fourth-order valence-electron chi connectivity index (χ4n) is 1.41. The maximum Gasteiger partial charge on any atom is 0.146 e. The molecule has 5 heteroatoms. The molecule has 2 aromatic rings. The lowest BCUT2D eigenvalue weighted by molar-refractivity contribution is 0.292. The average molecular weight is 425 g/mol. The van der Waals surface area contributed by atoms with Crippen LogP contribution in [-0.4, -0.2) is 0 Å². The van der Waals surface area contributed by atoms with Crippen molar-refractivity contribution in [2.45, 2.75) is 6.61 Å². The molecule has 0 aliphatic heterocycles. The second-order valence-electron chi connectivity index (χ2n) is 3.57. The summed E-state index contributed by atoms with van der Waals surface area (Å²) in [4.78, 5) is 0. The topological polar surface area (TPSA) is 9.23 Å². The van der Waals surface area contributed by atoms with E-state index in [1.165, 1.54) is 12.1 Å². The minimum absolute atomic E-state index is 0.0803. The van der Waals surface area contributed by atoms with Gasteiger partial charge in [-0.3, -0.25) is 0 Å². The minimum Gasteiger partial charge on any atom is -0.489 e. The molecule has 0 aliphatic carbocycles. The van der Waals surface area contributed by atoms with Crippen molar-refractivity contribution in [2.24, 2.45) is 0 Å². The van der Waals surface area contributed by atoms with E-state index in [4.69, 9.17) is 4.74 Å². The Morgan fingerprint density at radius 3 is 2.67 bits per heavy atom. The van der Waals surface area contributed by atoms with Crippen LogP contribution < -0.4 is 4.74 Å². The Kier molecular flexibility index (Phi) is 4.55. The summed E-state index contributed by atoms with van der Waals surface area (Å²) in [6, 6.07) is 9.82. The lowest BCUT2D eigenvalue weighted by Crippen LogP contribution is -2.02. The van der Waals surface area contributed by atoms with Crippen molar-refractivity contribution in [3.05, 3.63) is 61.6 Å². The van der Waals surface area contributed by atoms with Crippen LogP contribution in [0.5, 0.6) is 5.75 Å². The highest BCUT2D eigenvalue weighted by atomic mass is 127. The molecule has 0 amide bonds. The van der Waals surface area contributed by atoms with Crippen molar-refractivity contribution in [3.8, 4) is 5.75 Å². The first kappa shape index (κ1) is 13.7.